The average Bonchev–Trinajstić information content (AvgIpc) is 3.53. The Kier molecular flexibility index (Phi) is 8.97. The van der Waals surface area contributed by atoms with Crippen LogP contribution in [0.1, 0.15) is 75.6 Å². The van der Waals surface area contributed by atoms with Crippen molar-refractivity contribution in [1.29, 1.82) is 0 Å². The highest BCUT2D eigenvalue weighted by atomic mass is 19.1. The average molecular weight is 532 g/mol. The van der Waals surface area contributed by atoms with Crippen LogP contribution in [-0.2, 0) is 6.54 Å². The molecule has 0 radical (unpaired) electrons. The summed E-state index contributed by atoms with van der Waals surface area (Å²) in [6.07, 6.45) is 11.0. The fraction of sp³-hybridized carbons (Fsp3) is 0.500. The number of imidazole rings is 1. The van der Waals surface area contributed by atoms with Gasteiger partial charge in [0.2, 0.25) is 0 Å². The van der Waals surface area contributed by atoms with Gasteiger partial charge in [-0.3, -0.25) is 4.79 Å². The predicted molar refractivity (Wildman–Crippen MR) is 158 cm³/mol. The highest BCUT2D eigenvalue weighted by Crippen LogP contribution is 2.32. The summed E-state index contributed by atoms with van der Waals surface area (Å²) in [6.45, 7) is 10.1. The first kappa shape index (κ1) is 27.4. The summed E-state index contributed by atoms with van der Waals surface area (Å²) in [4.78, 5) is 26.5. The third-order valence-corrected chi connectivity index (χ3v) is 8.04. The van der Waals surface area contributed by atoms with Crippen molar-refractivity contribution in [2.75, 3.05) is 32.7 Å². The van der Waals surface area contributed by atoms with Gasteiger partial charge in [0.1, 0.15) is 11.6 Å². The van der Waals surface area contributed by atoms with E-state index in [1.165, 1.54) is 44.5 Å². The molecule has 0 spiro atoms. The van der Waals surface area contributed by atoms with E-state index in [2.05, 4.69) is 28.3 Å². The van der Waals surface area contributed by atoms with Gasteiger partial charge in [0.25, 0.3) is 5.91 Å². The molecule has 2 aromatic heterocycles. The number of halogens is 1. The molecule has 3 heterocycles. The van der Waals surface area contributed by atoms with Crippen molar-refractivity contribution in [2.45, 2.75) is 71.8 Å². The zero-order valence-electron chi connectivity index (χ0n) is 23.5. The number of amides is 1. The number of nitrogens with one attached hydrogen (secondary N) is 1. The number of carbonyl (C=O) groups is 1. The summed E-state index contributed by atoms with van der Waals surface area (Å²) in [6, 6.07) is 10.8. The van der Waals surface area contributed by atoms with Crippen molar-refractivity contribution in [2.24, 2.45) is 0 Å². The first-order chi connectivity index (χ1) is 19.1. The number of fused-ring (bicyclic) bond motifs is 2. The molecule has 39 heavy (non-hydrogen) atoms. The minimum Gasteiger partial charge on any atom is -0.360 e. The van der Waals surface area contributed by atoms with Gasteiger partial charge in [-0.1, -0.05) is 33.1 Å². The van der Waals surface area contributed by atoms with Crippen molar-refractivity contribution >= 4 is 27.8 Å². The Balaban J connectivity index is 1.51. The number of likely N-dealkylation sites (tertiary alicyclic amines) is 1. The second-order valence-electron chi connectivity index (χ2n) is 10.9. The van der Waals surface area contributed by atoms with Crippen molar-refractivity contribution in [3.05, 3.63) is 54.0 Å². The maximum absolute atomic E-state index is 13.9. The molecule has 1 aliphatic rings. The second-order valence-corrected chi connectivity index (χ2v) is 10.9. The normalized spacial score (nSPS) is 14.4. The van der Waals surface area contributed by atoms with E-state index in [1.54, 1.807) is 0 Å². The molecule has 0 bridgehead atoms. The van der Waals surface area contributed by atoms with Crippen molar-refractivity contribution in [3.63, 3.8) is 0 Å². The Morgan fingerprint density at radius 1 is 0.974 bits per heavy atom. The Bertz CT molecular complexity index is 1390. The summed E-state index contributed by atoms with van der Waals surface area (Å²) in [5.41, 5.74) is 4.30. The van der Waals surface area contributed by atoms with E-state index in [0.29, 0.717) is 0 Å². The number of aryl methyl sites for hydroxylation is 1. The van der Waals surface area contributed by atoms with Gasteiger partial charge in [-0.2, -0.15) is 0 Å². The van der Waals surface area contributed by atoms with Crippen LogP contribution in [0, 0.1) is 5.82 Å². The molecule has 1 fully saturated rings. The third kappa shape index (κ3) is 6.19. The molecule has 7 heteroatoms. The monoisotopic (exact) mass is 531 g/mol. The molecule has 2 aromatic carbocycles. The lowest BCUT2D eigenvalue weighted by Gasteiger charge is -2.26. The second kappa shape index (κ2) is 12.8. The van der Waals surface area contributed by atoms with Crippen LogP contribution in [0.3, 0.4) is 0 Å². The summed E-state index contributed by atoms with van der Waals surface area (Å²) in [7, 11) is 0. The van der Waals surface area contributed by atoms with Gasteiger partial charge in [-0.05, 0) is 88.1 Å². The summed E-state index contributed by atoms with van der Waals surface area (Å²) < 4.78 is 16.2. The molecule has 0 aliphatic carbocycles. The van der Waals surface area contributed by atoms with Gasteiger partial charge in [-0.25, -0.2) is 9.37 Å². The van der Waals surface area contributed by atoms with Gasteiger partial charge < -0.3 is 19.4 Å². The van der Waals surface area contributed by atoms with Crippen LogP contribution >= 0.6 is 0 Å². The minimum absolute atomic E-state index is 0.101. The van der Waals surface area contributed by atoms with E-state index >= 15 is 0 Å². The lowest BCUT2D eigenvalue weighted by Crippen LogP contribution is -2.33. The van der Waals surface area contributed by atoms with Crippen LogP contribution in [0.25, 0.3) is 33.3 Å². The topological polar surface area (TPSA) is 57.2 Å². The predicted octanol–water partition coefficient (Wildman–Crippen LogP) is 7.24. The fourth-order valence-electron chi connectivity index (χ4n) is 5.80. The zero-order chi connectivity index (χ0) is 27.2. The number of benzene rings is 2. The largest absolute Gasteiger partial charge is 0.360 e. The maximum Gasteiger partial charge on any atom is 0.253 e. The molecular weight excluding hydrogens is 489 g/mol. The van der Waals surface area contributed by atoms with Crippen molar-refractivity contribution < 1.29 is 9.18 Å². The molecule has 4 aromatic rings. The molecule has 1 saturated heterocycles. The van der Waals surface area contributed by atoms with Crippen LogP contribution in [0.15, 0.2) is 42.6 Å². The van der Waals surface area contributed by atoms with Gasteiger partial charge in [0.05, 0.1) is 11.0 Å². The molecular formula is C32H42FN5O. The molecule has 5 rings (SSSR count). The Morgan fingerprint density at radius 2 is 1.74 bits per heavy atom. The molecule has 1 amide bonds. The van der Waals surface area contributed by atoms with Crippen LogP contribution in [-0.4, -0.2) is 63.0 Å². The molecule has 6 nitrogen and oxygen atoms in total. The first-order valence-electron chi connectivity index (χ1n) is 14.9. The summed E-state index contributed by atoms with van der Waals surface area (Å²) in [5, 5.41) is 0.950. The quantitative estimate of drug-likeness (QED) is 0.210. The lowest BCUT2D eigenvalue weighted by atomic mass is 10.1. The molecule has 1 aliphatic heterocycles. The molecule has 1 N–H and O–H groups in total. The van der Waals surface area contributed by atoms with E-state index < -0.39 is 0 Å². The third-order valence-electron chi connectivity index (χ3n) is 8.04. The van der Waals surface area contributed by atoms with Gasteiger partial charge in [0, 0.05) is 47.9 Å². The number of unbranched alkanes of at least 4 members (excludes halogenated alkanes) is 2. The molecule has 0 atom stereocenters. The highest BCUT2D eigenvalue weighted by molar-refractivity contribution is 5.99. The van der Waals surface area contributed by atoms with E-state index in [-0.39, 0.29) is 11.7 Å². The Hall–Kier alpha value is -3.19. The van der Waals surface area contributed by atoms with Gasteiger partial charge >= 0.3 is 0 Å². The standard InChI is InChI=1S/C32H42FN5O/c1-3-5-18-37(19-6-4-2)32(39)24-11-14-28-30(21-24)38(20-10-17-36-15-8-7-9-16-36)31(35-28)27-23-34-29-22-25(33)12-13-26(27)29/h11-14,21-23,34H,3-10,15-20H2,1-2H3. The van der Waals surface area contributed by atoms with E-state index in [9.17, 15) is 9.18 Å². The number of hydrogen-bond acceptors (Lipinski definition) is 3. The number of piperidine rings is 1. The highest BCUT2D eigenvalue weighted by Gasteiger charge is 2.20. The van der Waals surface area contributed by atoms with E-state index in [1.807, 2.05) is 35.4 Å². The molecule has 208 valence electrons. The number of aromatic nitrogens is 3. The lowest BCUT2D eigenvalue weighted by molar-refractivity contribution is 0.0751. The summed E-state index contributed by atoms with van der Waals surface area (Å²) in [5.74, 6) is 0.702. The van der Waals surface area contributed by atoms with E-state index in [4.69, 9.17) is 4.98 Å². The number of carbonyl (C=O) groups excluding carboxylic acids is 1. The Morgan fingerprint density at radius 3 is 2.49 bits per heavy atom. The fourth-order valence-corrected chi connectivity index (χ4v) is 5.80. The summed E-state index contributed by atoms with van der Waals surface area (Å²) >= 11 is 0. The number of hydrogen-bond donors (Lipinski definition) is 1. The SMILES string of the molecule is CCCCN(CCCC)C(=O)c1ccc2nc(-c3c[nH]c4cc(F)ccc34)n(CCCN3CCCCC3)c2c1. The number of H-pyrrole nitrogens is 1. The maximum atomic E-state index is 13.9. The van der Waals surface area contributed by atoms with Crippen LogP contribution < -0.4 is 0 Å². The van der Waals surface area contributed by atoms with Crippen molar-refractivity contribution in [3.8, 4) is 11.4 Å². The van der Waals surface area contributed by atoms with Crippen LogP contribution in [0.5, 0.6) is 0 Å². The number of rotatable bonds is 12. The van der Waals surface area contributed by atoms with Crippen LogP contribution in [0.2, 0.25) is 0 Å². The molecule has 0 unspecified atom stereocenters. The van der Waals surface area contributed by atoms with Gasteiger partial charge in [0.15, 0.2) is 0 Å². The van der Waals surface area contributed by atoms with E-state index in [0.717, 1.165) is 97.2 Å². The number of aromatic amines is 1. The first-order valence-corrected chi connectivity index (χ1v) is 14.9. The zero-order valence-corrected chi connectivity index (χ0v) is 23.5. The van der Waals surface area contributed by atoms with Crippen LogP contribution in [0.4, 0.5) is 4.39 Å². The van der Waals surface area contributed by atoms with Gasteiger partial charge in [-0.15, -0.1) is 0 Å². The smallest absolute Gasteiger partial charge is 0.253 e. The minimum atomic E-state index is -0.259. The van der Waals surface area contributed by atoms with Crippen molar-refractivity contribution in [1.82, 2.24) is 24.3 Å². The molecule has 0 saturated carbocycles. The Labute approximate surface area is 231 Å². The number of nitrogens with zero attached hydrogens (tertiary/aromatic N) is 4.